The van der Waals surface area contributed by atoms with Crippen LogP contribution in [0.15, 0.2) is 36.4 Å². The molecule has 1 aliphatic rings. The number of urea groups is 1. The number of nitrogens with zero attached hydrogens (tertiary/aromatic N) is 1. The number of halogens is 4. The van der Waals surface area contributed by atoms with Crippen molar-refractivity contribution >= 4 is 35.1 Å². The second-order valence-corrected chi connectivity index (χ2v) is 6.75. The van der Waals surface area contributed by atoms with E-state index in [0.717, 1.165) is 17.7 Å². The van der Waals surface area contributed by atoms with Crippen LogP contribution in [0.4, 0.5) is 23.7 Å². The fourth-order valence-electron chi connectivity index (χ4n) is 2.39. The number of benzene rings is 2. The molecule has 0 saturated carbocycles. The van der Waals surface area contributed by atoms with Gasteiger partial charge in [-0.25, -0.2) is 18.0 Å². The lowest BCUT2D eigenvalue weighted by Gasteiger charge is -2.24. The average molecular weight is 373 g/mol. The fourth-order valence-corrected chi connectivity index (χ4v) is 3.77. The van der Waals surface area contributed by atoms with Gasteiger partial charge in [0.2, 0.25) is 0 Å². The van der Waals surface area contributed by atoms with E-state index in [2.05, 4.69) is 5.32 Å². The van der Waals surface area contributed by atoms with Gasteiger partial charge in [-0.05, 0) is 29.8 Å². The second kappa shape index (κ2) is 6.94. The Morgan fingerprint density at radius 3 is 2.54 bits per heavy atom. The van der Waals surface area contributed by atoms with E-state index in [9.17, 15) is 18.0 Å². The summed E-state index contributed by atoms with van der Waals surface area (Å²) < 4.78 is 39.9. The van der Waals surface area contributed by atoms with Gasteiger partial charge in [-0.1, -0.05) is 23.7 Å². The van der Waals surface area contributed by atoms with Crippen molar-refractivity contribution in [3.63, 3.8) is 0 Å². The Kier molecular flexibility index (Phi) is 4.91. The Labute approximate surface area is 145 Å². The zero-order valence-electron chi connectivity index (χ0n) is 12.2. The number of amides is 2. The van der Waals surface area contributed by atoms with Crippen molar-refractivity contribution in [2.24, 2.45) is 0 Å². The molecule has 24 heavy (non-hydrogen) atoms. The van der Waals surface area contributed by atoms with Crippen molar-refractivity contribution in [3.05, 3.63) is 64.4 Å². The number of carbonyl (C=O) groups is 1. The van der Waals surface area contributed by atoms with Crippen LogP contribution in [0.1, 0.15) is 10.9 Å². The predicted octanol–water partition coefficient (Wildman–Crippen LogP) is 5.04. The molecule has 2 amide bonds. The van der Waals surface area contributed by atoms with E-state index in [1.807, 2.05) is 12.1 Å². The Morgan fingerprint density at radius 2 is 1.83 bits per heavy atom. The van der Waals surface area contributed by atoms with Gasteiger partial charge in [0.05, 0.1) is 5.69 Å². The van der Waals surface area contributed by atoms with Crippen LogP contribution in [0.25, 0.3) is 0 Å². The molecule has 0 radical (unpaired) electrons. The van der Waals surface area contributed by atoms with Crippen molar-refractivity contribution in [2.45, 2.75) is 5.37 Å². The molecule has 0 aliphatic carbocycles. The molecule has 1 unspecified atom stereocenters. The van der Waals surface area contributed by atoms with Crippen LogP contribution in [0, 0.1) is 17.5 Å². The van der Waals surface area contributed by atoms with Crippen molar-refractivity contribution < 1.29 is 18.0 Å². The van der Waals surface area contributed by atoms with Crippen LogP contribution in [-0.2, 0) is 0 Å². The SMILES string of the molecule is O=C(Nc1ccc(F)c(F)c1F)N1CCSC1c1ccc(Cl)cc1. The minimum Gasteiger partial charge on any atom is -0.308 e. The lowest BCUT2D eigenvalue weighted by Crippen LogP contribution is -2.34. The fraction of sp³-hybridized carbons (Fsp3) is 0.188. The molecule has 1 atom stereocenters. The Balaban J connectivity index is 1.79. The summed E-state index contributed by atoms with van der Waals surface area (Å²) in [4.78, 5) is 13.9. The Morgan fingerprint density at radius 1 is 1.12 bits per heavy atom. The number of hydrogen-bond acceptors (Lipinski definition) is 2. The van der Waals surface area contributed by atoms with E-state index in [0.29, 0.717) is 17.3 Å². The molecule has 3 nitrogen and oxygen atoms in total. The Bertz CT molecular complexity index is 773. The largest absolute Gasteiger partial charge is 0.323 e. The number of thioether (sulfide) groups is 1. The molecule has 0 aromatic heterocycles. The highest BCUT2D eigenvalue weighted by molar-refractivity contribution is 7.99. The summed E-state index contributed by atoms with van der Waals surface area (Å²) in [5.74, 6) is -3.63. The van der Waals surface area contributed by atoms with Crippen molar-refractivity contribution in [1.29, 1.82) is 0 Å². The first-order valence-electron chi connectivity index (χ1n) is 7.05. The lowest BCUT2D eigenvalue weighted by molar-refractivity contribution is 0.214. The van der Waals surface area contributed by atoms with Crippen molar-refractivity contribution in [3.8, 4) is 0 Å². The molecule has 1 fully saturated rings. The van der Waals surface area contributed by atoms with Gasteiger partial charge in [-0.15, -0.1) is 11.8 Å². The van der Waals surface area contributed by atoms with Gasteiger partial charge < -0.3 is 10.2 Å². The number of hydrogen-bond donors (Lipinski definition) is 1. The molecule has 8 heteroatoms. The topological polar surface area (TPSA) is 32.3 Å². The molecule has 1 aliphatic heterocycles. The molecule has 1 heterocycles. The van der Waals surface area contributed by atoms with E-state index in [1.165, 1.54) is 4.90 Å². The number of rotatable bonds is 2. The van der Waals surface area contributed by atoms with E-state index < -0.39 is 29.2 Å². The molecule has 2 aromatic rings. The molecule has 2 aromatic carbocycles. The van der Waals surface area contributed by atoms with Gasteiger partial charge in [-0.2, -0.15) is 0 Å². The maximum atomic E-state index is 13.7. The highest BCUT2D eigenvalue weighted by Gasteiger charge is 2.31. The monoisotopic (exact) mass is 372 g/mol. The minimum absolute atomic E-state index is 0.254. The maximum absolute atomic E-state index is 13.7. The van der Waals surface area contributed by atoms with Gasteiger partial charge in [0.1, 0.15) is 5.37 Å². The van der Waals surface area contributed by atoms with E-state index >= 15 is 0 Å². The first-order valence-corrected chi connectivity index (χ1v) is 8.48. The predicted molar refractivity (Wildman–Crippen MR) is 88.7 cm³/mol. The zero-order valence-corrected chi connectivity index (χ0v) is 13.8. The minimum atomic E-state index is -1.61. The molecule has 0 bridgehead atoms. The molecule has 1 N–H and O–H groups in total. The molecule has 126 valence electrons. The highest BCUT2D eigenvalue weighted by atomic mass is 35.5. The lowest BCUT2D eigenvalue weighted by atomic mass is 10.2. The van der Waals surface area contributed by atoms with Gasteiger partial charge >= 0.3 is 6.03 Å². The third-order valence-corrected chi connectivity index (χ3v) is 5.10. The summed E-state index contributed by atoms with van der Waals surface area (Å²) in [7, 11) is 0. The van der Waals surface area contributed by atoms with Gasteiger partial charge in [0.15, 0.2) is 17.5 Å². The third-order valence-electron chi connectivity index (χ3n) is 3.58. The second-order valence-electron chi connectivity index (χ2n) is 5.12. The van der Waals surface area contributed by atoms with E-state index in [-0.39, 0.29) is 5.37 Å². The summed E-state index contributed by atoms with van der Waals surface area (Å²) in [6.45, 7) is 0.453. The average Bonchev–Trinajstić information content (AvgIpc) is 3.06. The van der Waals surface area contributed by atoms with Crippen molar-refractivity contribution in [1.82, 2.24) is 4.90 Å². The summed E-state index contributed by atoms with van der Waals surface area (Å²) >= 11 is 7.41. The van der Waals surface area contributed by atoms with Gasteiger partial charge in [-0.3, -0.25) is 0 Å². The maximum Gasteiger partial charge on any atom is 0.323 e. The quantitative estimate of drug-likeness (QED) is 0.749. The number of nitrogens with one attached hydrogen (secondary N) is 1. The van der Waals surface area contributed by atoms with E-state index in [4.69, 9.17) is 11.6 Å². The zero-order chi connectivity index (χ0) is 17.3. The van der Waals surface area contributed by atoms with Gasteiger partial charge in [0, 0.05) is 17.3 Å². The molecule has 1 saturated heterocycles. The summed E-state index contributed by atoms with van der Waals surface area (Å²) in [5.41, 5.74) is 0.480. The summed E-state index contributed by atoms with van der Waals surface area (Å²) in [6, 6.07) is 8.25. The summed E-state index contributed by atoms with van der Waals surface area (Å²) in [5, 5.41) is 2.63. The van der Waals surface area contributed by atoms with Crippen LogP contribution in [0.2, 0.25) is 5.02 Å². The highest BCUT2D eigenvalue weighted by Crippen LogP contribution is 2.38. The number of carbonyl (C=O) groups excluding carboxylic acids is 1. The van der Waals surface area contributed by atoms with Crippen molar-refractivity contribution in [2.75, 3.05) is 17.6 Å². The summed E-state index contributed by atoms with van der Waals surface area (Å²) in [6.07, 6.45) is 0. The molecule has 3 rings (SSSR count). The standard InChI is InChI=1S/C16H12ClF3N2OS/c17-10-3-1-9(2-4-10)15-22(7-8-24-15)16(23)21-12-6-5-11(18)13(19)14(12)20/h1-6,15H,7-8H2,(H,21,23). The molecule has 0 spiro atoms. The molecular formula is C16H12ClF3N2OS. The Hall–Kier alpha value is -1.86. The van der Waals surface area contributed by atoms with Crippen LogP contribution >= 0.6 is 23.4 Å². The molecular weight excluding hydrogens is 361 g/mol. The third kappa shape index (κ3) is 3.32. The van der Waals surface area contributed by atoms with E-state index in [1.54, 1.807) is 23.9 Å². The van der Waals surface area contributed by atoms with Crippen LogP contribution in [0.3, 0.4) is 0 Å². The first-order chi connectivity index (χ1) is 11.5. The smallest absolute Gasteiger partial charge is 0.308 e. The first kappa shape index (κ1) is 17.0. The van der Waals surface area contributed by atoms with Crippen LogP contribution < -0.4 is 5.32 Å². The van der Waals surface area contributed by atoms with Gasteiger partial charge in [0.25, 0.3) is 0 Å². The van der Waals surface area contributed by atoms with Crippen LogP contribution in [0.5, 0.6) is 0 Å². The normalized spacial score (nSPS) is 17.2. The van der Waals surface area contributed by atoms with Crippen LogP contribution in [-0.4, -0.2) is 23.2 Å². The number of anilines is 1.